The Morgan fingerprint density at radius 2 is 1.71 bits per heavy atom. The van der Waals surface area contributed by atoms with Crippen LogP contribution in [-0.4, -0.2) is 34.7 Å². The van der Waals surface area contributed by atoms with E-state index in [0.717, 1.165) is 0 Å². The first-order chi connectivity index (χ1) is 7.58. The van der Waals surface area contributed by atoms with E-state index in [1.807, 2.05) is 0 Å². The second kappa shape index (κ2) is 4.66. The lowest BCUT2D eigenvalue weighted by atomic mass is 10.2. The molecule has 1 aromatic heterocycles. The van der Waals surface area contributed by atoms with Crippen molar-refractivity contribution in [1.82, 2.24) is 4.98 Å². The summed E-state index contributed by atoms with van der Waals surface area (Å²) >= 11 is 0. The summed E-state index contributed by atoms with van der Waals surface area (Å²) in [5.74, 6) is 0. The number of hydrogen-bond acceptors (Lipinski definition) is 3. The number of aromatic nitrogens is 1. The fraction of sp³-hybridized carbons (Fsp3) is 0.429. The van der Waals surface area contributed by atoms with Crippen molar-refractivity contribution >= 4 is 15.2 Å². The Labute approximate surface area is 96.6 Å². The van der Waals surface area contributed by atoms with Crippen LogP contribution in [-0.2, 0) is 15.6 Å². The SMILES string of the molecule is O=P(O)(O)C(O)(CCc1cc[nH]c1)P(=O)(O)O. The van der Waals surface area contributed by atoms with E-state index >= 15 is 0 Å². The van der Waals surface area contributed by atoms with Crippen LogP contribution < -0.4 is 0 Å². The van der Waals surface area contributed by atoms with Crippen molar-refractivity contribution < 1.29 is 33.8 Å². The summed E-state index contributed by atoms with van der Waals surface area (Å²) < 4.78 is 22.0. The van der Waals surface area contributed by atoms with E-state index < -0.39 is 26.7 Å². The number of hydrogen-bond donors (Lipinski definition) is 6. The van der Waals surface area contributed by atoms with Gasteiger partial charge in [-0.3, -0.25) is 9.13 Å². The maximum absolute atomic E-state index is 11.0. The van der Waals surface area contributed by atoms with Crippen LogP contribution in [0.3, 0.4) is 0 Å². The Morgan fingerprint density at radius 1 is 1.18 bits per heavy atom. The number of nitrogens with one attached hydrogen (secondary N) is 1. The van der Waals surface area contributed by atoms with Gasteiger partial charge in [-0.1, -0.05) is 0 Å². The van der Waals surface area contributed by atoms with Gasteiger partial charge >= 0.3 is 15.2 Å². The molecule has 1 aromatic rings. The van der Waals surface area contributed by atoms with Crippen molar-refractivity contribution in [2.24, 2.45) is 0 Å². The zero-order valence-electron chi connectivity index (χ0n) is 8.59. The highest BCUT2D eigenvalue weighted by Gasteiger charge is 2.58. The van der Waals surface area contributed by atoms with Gasteiger partial charge in [-0.15, -0.1) is 0 Å². The Morgan fingerprint density at radius 3 is 2.06 bits per heavy atom. The van der Waals surface area contributed by atoms with E-state index in [1.165, 1.54) is 6.20 Å². The van der Waals surface area contributed by atoms with E-state index in [1.54, 1.807) is 12.3 Å². The van der Waals surface area contributed by atoms with E-state index in [4.69, 9.17) is 19.6 Å². The van der Waals surface area contributed by atoms with Crippen LogP contribution in [0.4, 0.5) is 0 Å². The van der Waals surface area contributed by atoms with Crippen molar-refractivity contribution in [2.75, 3.05) is 0 Å². The molecule has 8 nitrogen and oxygen atoms in total. The smallest absolute Gasteiger partial charge is 0.368 e. The molecule has 0 spiro atoms. The predicted molar refractivity (Wildman–Crippen MR) is 58.2 cm³/mol. The van der Waals surface area contributed by atoms with E-state index in [0.29, 0.717) is 5.56 Å². The number of aliphatic hydroxyl groups is 1. The first-order valence-electron chi connectivity index (χ1n) is 4.53. The van der Waals surface area contributed by atoms with Gasteiger partial charge in [-0.25, -0.2) is 0 Å². The van der Waals surface area contributed by atoms with E-state index in [9.17, 15) is 14.2 Å². The summed E-state index contributed by atoms with van der Waals surface area (Å²) in [6, 6.07) is 1.57. The third-order valence-corrected chi connectivity index (χ3v) is 6.22. The van der Waals surface area contributed by atoms with Crippen molar-refractivity contribution in [2.45, 2.75) is 17.9 Å². The van der Waals surface area contributed by atoms with Gasteiger partial charge in [0.15, 0.2) is 0 Å². The minimum absolute atomic E-state index is 0.0732. The molecule has 0 aliphatic carbocycles. The van der Waals surface area contributed by atoms with E-state index in [2.05, 4.69) is 4.98 Å². The Hall–Kier alpha value is -0.460. The lowest BCUT2D eigenvalue weighted by Crippen LogP contribution is -2.29. The predicted octanol–water partition coefficient (Wildman–Crippen LogP) is -0.0512. The summed E-state index contributed by atoms with van der Waals surface area (Å²) in [5, 5.41) is 6.21. The largest absolute Gasteiger partial charge is 0.369 e. The Kier molecular flexibility index (Phi) is 4.01. The van der Waals surface area contributed by atoms with Crippen LogP contribution in [0.1, 0.15) is 12.0 Å². The molecule has 0 aliphatic rings. The van der Waals surface area contributed by atoms with Crippen molar-refractivity contribution in [3.63, 3.8) is 0 Å². The Balaban J connectivity index is 2.94. The van der Waals surface area contributed by atoms with Crippen LogP contribution in [0.15, 0.2) is 18.5 Å². The molecule has 0 unspecified atom stereocenters. The molecule has 0 amide bonds. The minimum atomic E-state index is -5.35. The highest BCUT2D eigenvalue weighted by atomic mass is 31.2. The maximum atomic E-state index is 11.0. The highest BCUT2D eigenvalue weighted by molar-refractivity contribution is 7.72. The molecule has 1 heterocycles. The molecular weight excluding hydrogens is 272 g/mol. The van der Waals surface area contributed by atoms with Crippen molar-refractivity contribution in [3.8, 4) is 0 Å². The normalized spacial score (nSPS) is 13.9. The average Bonchev–Trinajstić information content (AvgIpc) is 2.62. The monoisotopic (exact) mass is 285 g/mol. The number of aromatic amines is 1. The van der Waals surface area contributed by atoms with Gasteiger partial charge < -0.3 is 29.7 Å². The van der Waals surface area contributed by atoms with Gasteiger partial charge in [0.2, 0.25) is 0 Å². The molecular formula is C7H13NO7P2. The first-order valence-corrected chi connectivity index (χ1v) is 7.76. The maximum Gasteiger partial charge on any atom is 0.369 e. The molecule has 6 N–H and O–H groups in total. The Bertz CT molecular complexity index is 437. The highest BCUT2D eigenvalue weighted by Crippen LogP contribution is 2.69. The fourth-order valence-electron chi connectivity index (χ4n) is 1.29. The second-order valence-corrected chi connectivity index (χ2v) is 7.59. The van der Waals surface area contributed by atoms with Crippen molar-refractivity contribution in [1.29, 1.82) is 0 Å². The fourth-order valence-corrected chi connectivity index (χ4v) is 3.45. The summed E-state index contributed by atoms with van der Waals surface area (Å²) in [4.78, 5) is 38.1. The average molecular weight is 285 g/mol. The molecule has 0 fully saturated rings. The summed E-state index contributed by atoms with van der Waals surface area (Å²) in [6.07, 6.45) is 2.23. The quantitative estimate of drug-likeness (QED) is 0.415. The zero-order valence-corrected chi connectivity index (χ0v) is 10.4. The van der Waals surface area contributed by atoms with E-state index in [-0.39, 0.29) is 6.42 Å². The molecule has 0 radical (unpaired) electrons. The van der Waals surface area contributed by atoms with Crippen LogP contribution in [0.5, 0.6) is 0 Å². The van der Waals surface area contributed by atoms with Crippen LogP contribution in [0.25, 0.3) is 0 Å². The molecule has 0 aromatic carbocycles. The summed E-state index contributed by atoms with van der Waals surface area (Å²) in [5.41, 5.74) is 0.574. The molecule has 1 rings (SSSR count). The molecule has 10 heteroatoms. The zero-order chi connectivity index (χ0) is 13.3. The third kappa shape index (κ3) is 3.05. The molecule has 0 bridgehead atoms. The third-order valence-electron chi connectivity index (χ3n) is 2.34. The van der Waals surface area contributed by atoms with Crippen LogP contribution in [0, 0.1) is 0 Å². The first kappa shape index (κ1) is 14.6. The second-order valence-electron chi connectivity index (χ2n) is 3.58. The van der Waals surface area contributed by atoms with Crippen LogP contribution >= 0.6 is 15.2 Å². The molecule has 0 saturated carbocycles. The van der Waals surface area contributed by atoms with Gasteiger partial charge in [0.1, 0.15) is 0 Å². The molecule has 0 saturated heterocycles. The summed E-state index contributed by atoms with van der Waals surface area (Å²) in [7, 11) is -10.7. The number of H-pyrrole nitrogens is 1. The number of rotatable bonds is 5. The summed E-state index contributed by atoms with van der Waals surface area (Å²) in [6.45, 7) is 0. The van der Waals surface area contributed by atoms with Crippen molar-refractivity contribution in [3.05, 3.63) is 24.0 Å². The topological polar surface area (TPSA) is 151 Å². The lowest BCUT2D eigenvalue weighted by molar-refractivity contribution is 0.123. The standard InChI is InChI=1S/C7H13NO7P2/c9-7(16(10,11)12,17(13,14)15)3-1-6-2-4-8-5-6/h2,4-5,8-9H,1,3H2,(H2,10,11,12)(H2,13,14,15). The minimum Gasteiger partial charge on any atom is -0.368 e. The van der Waals surface area contributed by atoms with Gasteiger partial charge in [-0.05, 0) is 18.1 Å². The van der Waals surface area contributed by atoms with Gasteiger partial charge in [-0.2, -0.15) is 0 Å². The van der Waals surface area contributed by atoms with Crippen LogP contribution in [0.2, 0.25) is 0 Å². The molecule has 0 atom stereocenters. The van der Waals surface area contributed by atoms with Gasteiger partial charge in [0.25, 0.3) is 5.08 Å². The molecule has 98 valence electrons. The van der Waals surface area contributed by atoms with Gasteiger partial charge in [0, 0.05) is 18.8 Å². The number of aryl methyl sites for hydroxylation is 1. The molecule has 17 heavy (non-hydrogen) atoms. The lowest BCUT2D eigenvalue weighted by Gasteiger charge is -2.28. The molecule has 0 aliphatic heterocycles. The van der Waals surface area contributed by atoms with Gasteiger partial charge in [0.05, 0.1) is 0 Å².